The number of aliphatic hydroxyl groups excluding tert-OH is 1. The Morgan fingerprint density at radius 3 is 2.41 bits per heavy atom. The topological polar surface area (TPSA) is 90.4 Å². The van der Waals surface area contributed by atoms with Gasteiger partial charge in [0.2, 0.25) is 0 Å². The molecule has 3 heterocycles. The maximum absolute atomic E-state index is 13.1. The standard InChI is InChI=1S/C25H24N4O3/c1-28(2)20-10-5-8-16-18(14-29(23(16)20)11-6-12-30)22-21(24(31)27-25(22)32)17-13-26-19-9-4-3-7-15(17)19/h3-5,7-10,13-14,26,30H,6,11-12H2,1-2H3,(H,27,31,32). The number of aryl methyl sites for hydroxylation is 1. The monoisotopic (exact) mass is 428 g/mol. The molecule has 32 heavy (non-hydrogen) atoms. The number of H-pyrrole nitrogens is 1. The van der Waals surface area contributed by atoms with Gasteiger partial charge in [0.05, 0.1) is 22.4 Å². The molecule has 0 atom stereocenters. The maximum Gasteiger partial charge on any atom is 0.259 e. The SMILES string of the molecule is CN(C)c1cccc2c(C3=C(c4c[nH]c5ccccc45)C(=O)NC3=O)cn(CCCO)c12. The molecule has 4 aromatic rings. The number of hydrogen-bond acceptors (Lipinski definition) is 4. The zero-order valence-electron chi connectivity index (χ0n) is 18.0. The molecule has 3 N–H and O–H groups in total. The molecule has 0 saturated carbocycles. The number of aromatic amines is 1. The summed E-state index contributed by atoms with van der Waals surface area (Å²) in [5.41, 5.74) is 5.06. The molecule has 2 aromatic heterocycles. The number of benzene rings is 2. The molecule has 1 aliphatic heterocycles. The lowest BCUT2D eigenvalue weighted by Crippen LogP contribution is -2.22. The average Bonchev–Trinajstić information content (AvgIpc) is 3.44. The average molecular weight is 428 g/mol. The van der Waals surface area contributed by atoms with Crippen LogP contribution >= 0.6 is 0 Å². The van der Waals surface area contributed by atoms with Gasteiger partial charge < -0.3 is 19.6 Å². The Labute approximate surface area is 184 Å². The first kappa shape index (κ1) is 20.1. The van der Waals surface area contributed by atoms with Crippen LogP contribution < -0.4 is 10.2 Å². The molecule has 0 aliphatic carbocycles. The van der Waals surface area contributed by atoms with Crippen LogP contribution in [0.1, 0.15) is 17.5 Å². The van der Waals surface area contributed by atoms with Crippen LogP contribution in [0.4, 0.5) is 5.69 Å². The predicted molar refractivity (Wildman–Crippen MR) is 126 cm³/mol. The number of aromatic nitrogens is 2. The molecule has 1 aliphatic rings. The Kier molecular flexibility index (Phi) is 4.83. The minimum atomic E-state index is -0.397. The summed E-state index contributed by atoms with van der Waals surface area (Å²) in [7, 11) is 3.94. The Hall–Kier alpha value is -3.84. The number of para-hydroxylation sites is 2. The molecule has 0 bridgehead atoms. The maximum atomic E-state index is 13.1. The quantitative estimate of drug-likeness (QED) is 0.412. The van der Waals surface area contributed by atoms with Gasteiger partial charge in [-0.25, -0.2) is 0 Å². The van der Waals surface area contributed by atoms with Gasteiger partial charge in [-0.1, -0.05) is 30.3 Å². The van der Waals surface area contributed by atoms with Crippen molar-refractivity contribution in [3.8, 4) is 0 Å². The molecular formula is C25H24N4O3. The number of amides is 2. The van der Waals surface area contributed by atoms with E-state index in [1.165, 1.54) is 0 Å². The van der Waals surface area contributed by atoms with E-state index in [-0.39, 0.29) is 6.61 Å². The highest BCUT2D eigenvalue weighted by Crippen LogP contribution is 2.40. The summed E-state index contributed by atoms with van der Waals surface area (Å²) in [5.74, 6) is -0.790. The zero-order valence-corrected chi connectivity index (χ0v) is 18.0. The first-order chi connectivity index (χ1) is 15.5. The Morgan fingerprint density at radius 2 is 1.66 bits per heavy atom. The number of aliphatic hydroxyl groups is 1. The summed E-state index contributed by atoms with van der Waals surface area (Å²) in [6.45, 7) is 0.671. The third-order valence-corrected chi connectivity index (χ3v) is 5.98. The van der Waals surface area contributed by atoms with Crippen LogP contribution in [0.2, 0.25) is 0 Å². The van der Waals surface area contributed by atoms with Gasteiger partial charge in [0.1, 0.15) is 0 Å². The number of anilines is 1. The van der Waals surface area contributed by atoms with Crippen molar-refractivity contribution in [2.45, 2.75) is 13.0 Å². The van der Waals surface area contributed by atoms with Crippen LogP contribution in [0.15, 0.2) is 54.9 Å². The molecule has 0 radical (unpaired) electrons. The summed E-state index contributed by atoms with van der Waals surface area (Å²) < 4.78 is 2.06. The van der Waals surface area contributed by atoms with E-state index >= 15 is 0 Å². The fraction of sp³-hybridized carbons (Fsp3) is 0.200. The second-order valence-corrected chi connectivity index (χ2v) is 8.16. The highest BCUT2D eigenvalue weighted by Gasteiger charge is 2.35. The fourth-order valence-electron chi connectivity index (χ4n) is 4.57. The number of imide groups is 1. The third kappa shape index (κ3) is 3.01. The Balaban J connectivity index is 1.82. The second kappa shape index (κ2) is 7.69. The van der Waals surface area contributed by atoms with Crippen LogP contribution in [0.5, 0.6) is 0 Å². The number of nitrogens with zero attached hydrogens (tertiary/aromatic N) is 2. The number of fused-ring (bicyclic) bond motifs is 2. The van der Waals surface area contributed by atoms with Crippen LogP contribution in [0.25, 0.3) is 33.0 Å². The molecule has 0 spiro atoms. The van der Waals surface area contributed by atoms with E-state index in [4.69, 9.17) is 0 Å². The van der Waals surface area contributed by atoms with Crippen molar-refractivity contribution in [3.05, 3.63) is 66.0 Å². The van der Waals surface area contributed by atoms with Crippen LogP contribution in [-0.4, -0.2) is 47.2 Å². The van der Waals surface area contributed by atoms with Crippen LogP contribution in [0, 0.1) is 0 Å². The van der Waals surface area contributed by atoms with Crippen molar-refractivity contribution < 1.29 is 14.7 Å². The number of hydrogen-bond donors (Lipinski definition) is 3. The van der Waals surface area contributed by atoms with Crippen molar-refractivity contribution in [1.82, 2.24) is 14.9 Å². The molecule has 0 saturated heterocycles. The summed E-state index contributed by atoms with van der Waals surface area (Å²) in [4.78, 5) is 31.2. The zero-order chi connectivity index (χ0) is 22.4. The van der Waals surface area contributed by atoms with Gasteiger partial charge in [-0.3, -0.25) is 14.9 Å². The molecule has 7 nitrogen and oxygen atoms in total. The van der Waals surface area contributed by atoms with Crippen molar-refractivity contribution in [2.24, 2.45) is 0 Å². The summed E-state index contributed by atoms with van der Waals surface area (Å²) in [6.07, 6.45) is 4.30. The van der Waals surface area contributed by atoms with E-state index in [1.807, 2.05) is 67.7 Å². The molecule has 0 unspecified atom stereocenters. The lowest BCUT2D eigenvalue weighted by molar-refractivity contribution is -0.122. The third-order valence-electron chi connectivity index (χ3n) is 5.98. The Morgan fingerprint density at radius 1 is 0.938 bits per heavy atom. The predicted octanol–water partition coefficient (Wildman–Crippen LogP) is 3.14. The van der Waals surface area contributed by atoms with E-state index in [1.54, 1.807) is 6.20 Å². The summed E-state index contributed by atoms with van der Waals surface area (Å²) in [5, 5.41) is 13.7. The molecule has 5 rings (SSSR count). The van der Waals surface area contributed by atoms with E-state index in [2.05, 4.69) is 14.9 Å². The van der Waals surface area contributed by atoms with Gasteiger partial charge >= 0.3 is 0 Å². The van der Waals surface area contributed by atoms with Gasteiger partial charge in [-0.05, 0) is 18.6 Å². The largest absolute Gasteiger partial charge is 0.396 e. The lowest BCUT2D eigenvalue weighted by atomic mass is 9.95. The highest BCUT2D eigenvalue weighted by atomic mass is 16.3. The smallest absolute Gasteiger partial charge is 0.259 e. The van der Waals surface area contributed by atoms with Gasteiger partial charge in [-0.2, -0.15) is 0 Å². The number of rotatable bonds is 6. The summed E-state index contributed by atoms with van der Waals surface area (Å²) in [6, 6.07) is 13.7. The van der Waals surface area contributed by atoms with Gasteiger partial charge in [0, 0.05) is 67.1 Å². The van der Waals surface area contributed by atoms with E-state index < -0.39 is 11.8 Å². The Bertz CT molecular complexity index is 1410. The molecule has 0 fully saturated rings. The lowest BCUT2D eigenvalue weighted by Gasteiger charge is -2.16. The van der Waals surface area contributed by atoms with E-state index in [0.29, 0.717) is 35.2 Å². The second-order valence-electron chi connectivity index (χ2n) is 8.16. The van der Waals surface area contributed by atoms with Gasteiger partial charge in [0.25, 0.3) is 11.8 Å². The van der Waals surface area contributed by atoms with E-state index in [0.717, 1.165) is 27.5 Å². The first-order valence-corrected chi connectivity index (χ1v) is 10.6. The van der Waals surface area contributed by atoms with Crippen LogP contribution in [-0.2, 0) is 16.1 Å². The van der Waals surface area contributed by atoms with Crippen molar-refractivity contribution in [3.63, 3.8) is 0 Å². The summed E-state index contributed by atoms with van der Waals surface area (Å²) >= 11 is 0. The van der Waals surface area contributed by atoms with Gasteiger partial charge in [-0.15, -0.1) is 0 Å². The first-order valence-electron chi connectivity index (χ1n) is 10.6. The van der Waals surface area contributed by atoms with Crippen molar-refractivity contribution >= 4 is 50.5 Å². The number of carbonyl (C=O) groups is 2. The fourth-order valence-corrected chi connectivity index (χ4v) is 4.57. The number of carbonyl (C=O) groups excluding carboxylic acids is 2. The number of nitrogens with one attached hydrogen (secondary N) is 2. The van der Waals surface area contributed by atoms with Crippen molar-refractivity contribution in [2.75, 3.05) is 25.6 Å². The normalized spacial score (nSPS) is 14.1. The highest BCUT2D eigenvalue weighted by molar-refractivity contribution is 6.50. The molecular weight excluding hydrogens is 404 g/mol. The van der Waals surface area contributed by atoms with E-state index in [9.17, 15) is 14.7 Å². The van der Waals surface area contributed by atoms with Crippen molar-refractivity contribution in [1.29, 1.82) is 0 Å². The molecule has 7 heteroatoms. The van der Waals surface area contributed by atoms with Crippen LogP contribution in [0.3, 0.4) is 0 Å². The molecule has 2 amide bonds. The molecule has 2 aromatic carbocycles. The molecule has 162 valence electrons. The minimum Gasteiger partial charge on any atom is -0.396 e. The minimum absolute atomic E-state index is 0.0708. The van der Waals surface area contributed by atoms with Gasteiger partial charge in [0.15, 0.2) is 0 Å².